The molecule has 2 aliphatic rings. The molecule has 8 N–H and O–H groups in total. The number of unbranched alkanes of at least 4 members (excludes halogenated alkanes) is 1. The second-order valence-electron chi connectivity index (χ2n) is 10.7. The first-order valence-electron chi connectivity index (χ1n) is 14.0. The predicted molar refractivity (Wildman–Crippen MR) is 144 cm³/mol. The molecule has 17 heteroatoms. The van der Waals surface area contributed by atoms with Crippen molar-refractivity contribution in [1.29, 1.82) is 0 Å². The van der Waals surface area contributed by atoms with E-state index < -0.39 is 80.3 Å². The van der Waals surface area contributed by atoms with Crippen LogP contribution in [0, 0.1) is 0 Å². The van der Waals surface area contributed by atoms with Gasteiger partial charge in [0, 0.05) is 18.1 Å². The second-order valence-corrected chi connectivity index (χ2v) is 10.7. The maximum atomic E-state index is 12.4. The van der Waals surface area contributed by atoms with Gasteiger partial charge in [0.1, 0.15) is 60.2 Å². The van der Waals surface area contributed by atoms with Gasteiger partial charge in [0.25, 0.3) is 0 Å². The zero-order chi connectivity index (χ0) is 31.5. The van der Waals surface area contributed by atoms with Crippen molar-refractivity contribution in [2.75, 3.05) is 19.8 Å². The number of aromatic nitrogens is 3. The van der Waals surface area contributed by atoms with E-state index in [0.29, 0.717) is 30.3 Å². The Morgan fingerprint density at radius 1 is 0.841 bits per heavy atom. The first-order chi connectivity index (χ1) is 21.1. The van der Waals surface area contributed by atoms with Gasteiger partial charge in [-0.3, -0.25) is 0 Å². The number of aryl methyl sites for hydroxylation is 1. The summed E-state index contributed by atoms with van der Waals surface area (Å²) in [5.74, 6) is -0.0283. The molecule has 0 bridgehead atoms. The Morgan fingerprint density at radius 2 is 1.52 bits per heavy atom. The van der Waals surface area contributed by atoms with Crippen molar-refractivity contribution in [3.8, 4) is 11.4 Å². The fraction of sp³-hybridized carbons (Fsp3) is 0.593. The SMILES string of the molecule is O=c1oc2cc(O)ccc2cc1-n1cc(CCCCO[C@H]2O[C@H](CO[C@H]3O[C@H](CO)[C@@H](O)[C@H](O)[C@@H]3O)[C@@H](O)[C@H](O)[C@@H]2O)nn1. The maximum Gasteiger partial charge on any atom is 0.362 e. The van der Waals surface area contributed by atoms with Crippen LogP contribution in [-0.4, -0.2) is 137 Å². The number of aromatic hydroxyl groups is 1. The van der Waals surface area contributed by atoms with Crippen LogP contribution in [0.1, 0.15) is 18.5 Å². The summed E-state index contributed by atoms with van der Waals surface area (Å²) in [5, 5.41) is 88.5. The number of nitrogens with zero attached hydrogens (tertiary/aromatic N) is 3. The number of phenolic OH excluding ortho intramolecular Hbond substituents is 1. The van der Waals surface area contributed by atoms with Crippen molar-refractivity contribution >= 4 is 11.0 Å². The summed E-state index contributed by atoms with van der Waals surface area (Å²) in [6.07, 6.45) is -11.8. The largest absolute Gasteiger partial charge is 0.508 e. The highest BCUT2D eigenvalue weighted by molar-refractivity contribution is 5.79. The molecule has 4 heterocycles. The molecule has 0 saturated carbocycles. The molecule has 10 atom stereocenters. The monoisotopic (exact) mass is 625 g/mol. The number of hydrogen-bond donors (Lipinski definition) is 8. The molecule has 242 valence electrons. The van der Waals surface area contributed by atoms with Crippen LogP contribution in [0.15, 0.2) is 39.7 Å². The van der Waals surface area contributed by atoms with Crippen molar-refractivity contribution in [2.24, 2.45) is 0 Å². The topological polar surface area (TPSA) is 260 Å². The third-order valence-electron chi connectivity index (χ3n) is 7.54. The number of benzene rings is 1. The third kappa shape index (κ3) is 6.93. The lowest BCUT2D eigenvalue weighted by Crippen LogP contribution is -2.61. The highest BCUT2D eigenvalue weighted by Crippen LogP contribution is 2.26. The van der Waals surface area contributed by atoms with Gasteiger partial charge in [-0.15, -0.1) is 5.10 Å². The van der Waals surface area contributed by atoms with E-state index in [9.17, 15) is 45.6 Å². The van der Waals surface area contributed by atoms with E-state index in [4.69, 9.17) is 23.4 Å². The number of ether oxygens (including phenoxy) is 4. The van der Waals surface area contributed by atoms with E-state index >= 15 is 0 Å². The standard InChI is InChI=1S/C27H35N3O14/c31-10-17-19(33)21(35)24(38)27(43-17)41-11-18-20(34)22(36)23(37)26(44-18)40-6-2-1-3-13-9-30(29-28-13)15-7-12-4-5-14(32)8-16(12)42-25(15)39/h4-5,7-9,17-24,26-27,31-38H,1-3,6,10-11H2/t17-,18-,19-,20-,21+,22+,23+,24+,26+,27+/m1/s1. The van der Waals surface area contributed by atoms with Crippen LogP contribution in [0.5, 0.6) is 5.75 Å². The second kappa shape index (κ2) is 13.9. The molecular formula is C27H35N3O14. The Bertz CT molecular complexity index is 1450. The van der Waals surface area contributed by atoms with Gasteiger partial charge in [-0.1, -0.05) is 5.21 Å². The molecule has 17 nitrogen and oxygen atoms in total. The van der Waals surface area contributed by atoms with Crippen molar-refractivity contribution in [2.45, 2.75) is 80.7 Å². The van der Waals surface area contributed by atoms with E-state index in [1.54, 1.807) is 18.3 Å². The van der Waals surface area contributed by atoms with E-state index in [1.165, 1.54) is 16.8 Å². The Labute approximate surface area is 249 Å². The van der Waals surface area contributed by atoms with Crippen LogP contribution < -0.4 is 5.63 Å². The Hall–Kier alpha value is -3.07. The first-order valence-corrected chi connectivity index (χ1v) is 14.0. The van der Waals surface area contributed by atoms with Crippen molar-refractivity contribution < 1.29 is 64.2 Å². The predicted octanol–water partition coefficient (Wildman–Crippen LogP) is -2.96. The zero-order valence-corrected chi connectivity index (χ0v) is 23.3. The maximum absolute atomic E-state index is 12.4. The minimum Gasteiger partial charge on any atom is -0.508 e. The molecule has 5 rings (SSSR count). The first kappa shape index (κ1) is 32.3. The van der Waals surface area contributed by atoms with Crippen LogP contribution >= 0.6 is 0 Å². The molecule has 0 aliphatic carbocycles. The van der Waals surface area contributed by atoms with Gasteiger partial charge in [-0.25, -0.2) is 9.48 Å². The molecule has 3 aromatic rings. The smallest absolute Gasteiger partial charge is 0.362 e. The molecule has 0 unspecified atom stereocenters. The van der Waals surface area contributed by atoms with Gasteiger partial charge in [-0.2, -0.15) is 0 Å². The normalized spacial score (nSPS) is 32.7. The van der Waals surface area contributed by atoms with Crippen LogP contribution in [0.2, 0.25) is 0 Å². The molecule has 2 aromatic heterocycles. The van der Waals surface area contributed by atoms with Crippen molar-refractivity contribution in [3.63, 3.8) is 0 Å². The summed E-state index contributed by atoms with van der Waals surface area (Å²) >= 11 is 0. The number of fused-ring (bicyclic) bond motifs is 1. The van der Waals surface area contributed by atoms with E-state index in [-0.39, 0.29) is 23.6 Å². The van der Waals surface area contributed by atoms with Gasteiger partial charge >= 0.3 is 5.63 Å². The van der Waals surface area contributed by atoms with Crippen molar-refractivity contribution in [3.05, 3.63) is 46.6 Å². The number of hydrogen-bond acceptors (Lipinski definition) is 16. The highest BCUT2D eigenvalue weighted by Gasteiger charge is 2.47. The zero-order valence-electron chi connectivity index (χ0n) is 23.3. The summed E-state index contributed by atoms with van der Waals surface area (Å²) in [5.41, 5.74) is 0.330. The van der Waals surface area contributed by atoms with Gasteiger partial charge in [0.2, 0.25) is 0 Å². The molecular weight excluding hydrogens is 590 g/mol. The highest BCUT2D eigenvalue weighted by atomic mass is 16.7. The summed E-state index contributed by atoms with van der Waals surface area (Å²) in [4.78, 5) is 12.4. The fourth-order valence-corrected chi connectivity index (χ4v) is 4.97. The molecule has 2 aliphatic heterocycles. The third-order valence-corrected chi connectivity index (χ3v) is 7.54. The summed E-state index contributed by atoms with van der Waals surface area (Å²) in [7, 11) is 0. The minimum absolute atomic E-state index is 0.0283. The average molecular weight is 626 g/mol. The Balaban J connectivity index is 1.09. The van der Waals surface area contributed by atoms with E-state index in [0.717, 1.165) is 0 Å². The minimum atomic E-state index is -1.67. The number of phenols is 1. The molecule has 0 amide bonds. The summed E-state index contributed by atoms with van der Waals surface area (Å²) < 4.78 is 28.4. The molecule has 0 radical (unpaired) electrons. The lowest BCUT2D eigenvalue weighted by Gasteiger charge is -2.42. The summed E-state index contributed by atoms with van der Waals surface area (Å²) in [6.45, 7) is -1.01. The summed E-state index contributed by atoms with van der Waals surface area (Å²) in [6, 6.07) is 6.00. The van der Waals surface area contributed by atoms with Crippen LogP contribution in [0.3, 0.4) is 0 Å². The molecule has 1 aromatic carbocycles. The quantitative estimate of drug-likeness (QED) is 0.0782. The van der Waals surface area contributed by atoms with Crippen molar-refractivity contribution in [1.82, 2.24) is 15.0 Å². The van der Waals surface area contributed by atoms with Gasteiger partial charge in [0.15, 0.2) is 18.3 Å². The lowest BCUT2D eigenvalue weighted by atomic mass is 9.98. The van der Waals surface area contributed by atoms with Crippen LogP contribution in [0.4, 0.5) is 0 Å². The number of aliphatic hydroxyl groups excluding tert-OH is 7. The number of aliphatic hydroxyl groups is 7. The lowest BCUT2D eigenvalue weighted by molar-refractivity contribution is -0.331. The van der Waals surface area contributed by atoms with Gasteiger partial charge in [-0.05, 0) is 37.5 Å². The molecule has 0 spiro atoms. The van der Waals surface area contributed by atoms with Gasteiger partial charge in [0.05, 0.1) is 25.1 Å². The van der Waals surface area contributed by atoms with Crippen LogP contribution in [0.25, 0.3) is 16.7 Å². The Kier molecular flexibility index (Phi) is 10.2. The van der Waals surface area contributed by atoms with Gasteiger partial charge < -0.3 is 64.2 Å². The Morgan fingerprint density at radius 3 is 2.25 bits per heavy atom. The molecule has 44 heavy (non-hydrogen) atoms. The fourth-order valence-electron chi connectivity index (χ4n) is 4.97. The molecule has 2 fully saturated rings. The van der Waals surface area contributed by atoms with E-state index in [1.807, 2.05) is 0 Å². The molecule has 2 saturated heterocycles. The average Bonchev–Trinajstić information content (AvgIpc) is 3.48. The van der Waals surface area contributed by atoms with E-state index in [2.05, 4.69) is 10.3 Å². The van der Waals surface area contributed by atoms with Crippen LogP contribution in [-0.2, 0) is 25.4 Å². The number of rotatable bonds is 11.